The molecule has 0 saturated carbocycles. The van der Waals surface area contributed by atoms with E-state index in [1.54, 1.807) is 0 Å². The molecule has 0 radical (unpaired) electrons. The van der Waals surface area contributed by atoms with Crippen LogP contribution in [0, 0.1) is 5.41 Å². The van der Waals surface area contributed by atoms with Crippen LogP contribution in [0.5, 0.6) is 0 Å². The normalized spacial score (nSPS) is 11.5. The fourth-order valence-corrected chi connectivity index (χ4v) is 2.06. The Balaban J connectivity index is 2.00. The minimum absolute atomic E-state index is 0.0168. The fraction of sp³-hybridized carbons (Fsp3) is 0.412. The number of pyridine rings is 1. The summed E-state index contributed by atoms with van der Waals surface area (Å²) in [6, 6.07) is 9.71. The maximum absolute atomic E-state index is 11.8. The molecule has 0 aliphatic heterocycles. The third kappa shape index (κ3) is 3.95. The number of rotatable bonds is 5. The lowest BCUT2D eigenvalue weighted by atomic mass is 9.96. The molecule has 1 amide bonds. The van der Waals surface area contributed by atoms with E-state index in [1.165, 1.54) is 0 Å². The molecule has 0 atom stereocenters. The number of anilines is 1. The summed E-state index contributed by atoms with van der Waals surface area (Å²) in [5, 5.41) is 16.5. The highest BCUT2D eigenvalue weighted by atomic mass is 16.3. The average Bonchev–Trinajstić information content (AvgIpc) is 2.49. The van der Waals surface area contributed by atoms with Gasteiger partial charge in [-0.25, -0.2) is 4.98 Å². The molecule has 2 aromatic rings. The third-order valence-electron chi connectivity index (χ3n) is 3.36. The lowest BCUT2D eigenvalue weighted by Crippen LogP contribution is -2.37. The Hall–Kier alpha value is -2.14. The molecule has 1 heterocycles. The summed E-state index contributed by atoms with van der Waals surface area (Å²) in [7, 11) is 0. The molecule has 1 aromatic carbocycles. The van der Waals surface area contributed by atoms with Crippen LogP contribution in [0.25, 0.3) is 10.9 Å². The van der Waals surface area contributed by atoms with E-state index < -0.39 is 5.41 Å². The summed E-state index contributed by atoms with van der Waals surface area (Å²) in [5.74, 6) is 0.675. The summed E-state index contributed by atoms with van der Waals surface area (Å²) < 4.78 is 0. The minimum Gasteiger partial charge on any atom is -0.392 e. The van der Waals surface area contributed by atoms with Gasteiger partial charge in [-0.05, 0) is 12.1 Å². The second-order valence-electron chi connectivity index (χ2n) is 6.28. The van der Waals surface area contributed by atoms with Gasteiger partial charge in [0, 0.05) is 29.5 Å². The van der Waals surface area contributed by atoms with Crippen LogP contribution in [0.4, 0.5) is 5.82 Å². The maximum atomic E-state index is 11.8. The van der Waals surface area contributed by atoms with E-state index in [0.717, 1.165) is 16.5 Å². The molecule has 1 aromatic heterocycles. The highest BCUT2D eigenvalue weighted by Gasteiger charge is 2.20. The van der Waals surface area contributed by atoms with Crippen LogP contribution < -0.4 is 10.6 Å². The number of hydrogen-bond donors (Lipinski definition) is 3. The molecule has 0 aliphatic carbocycles. The highest BCUT2D eigenvalue weighted by Crippen LogP contribution is 2.20. The first-order valence-electron chi connectivity index (χ1n) is 7.43. The molecule has 0 fully saturated rings. The molecule has 5 heteroatoms. The monoisotopic (exact) mass is 301 g/mol. The Morgan fingerprint density at radius 3 is 2.64 bits per heavy atom. The number of aliphatic hydroxyl groups excluding tert-OH is 1. The third-order valence-corrected chi connectivity index (χ3v) is 3.36. The van der Waals surface area contributed by atoms with Crippen molar-refractivity contribution >= 4 is 22.6 Å². The van der Waals surface area contributed by atoms with Crippen LogP contribution in [-0.2, 0) is 11.4 Å². The highest BCUT2D eigenvalue weighted by molar-refractivity contribution is 5.82. The van der Waals surface area contributed by atoms with E-state index in [2.05, 4.69) is 15.6 Å². The van der Waals surface area contributed by atoms with E-state index in [4.69, 9.17) is 0 Å². The van der Waals surface area contributed by atoms with Gasteiger partial charge in [0.1, 0.15) is 5.82 Å². The van der Waals surface area contributed by atoms with Crippen LogP contribution >= 0.6 is 0 Å². The van der Waals surface area contributed by atoms with Crippen molar-refractivity contribution < 1.29 is 9.90 Å². The number of nitrogens with one attached hydrogen (secondary N) is 2. The van der Waals surface area contributed by atoms with Gasteiger partial charge in [0.25, 0.3) is 0 Å². The number of para-hydroxylation sites is 1. The van der Waals surface area contributed by atoms with E-state index in [0.29, 0.717) is 18.9 Å². The molecule has 3 N–H and O–H groups in total. The van der Waals surface area contributed by atoms with Gasteiger partial charge in [0.2, 0.25) is 5.91 Å². The number of aromatic nitrogens is 1. The molecular formula is C17H23N3O2. The van der Waals surface area contributed by atoms with Gasteiger partial charge < -0.3 is 15.7 Å². The molecule has 0 aliphatic rings. The minimum atomic E-state index is -0.391. The Labute approximate surface area is 130 Å². The number of nitrogens with zero attached hydrogens (tertiary/aromatic N) is 1. The summed E-state index contributed by atoms with van der Waals surface area (Å²) in [6.07, 6.45) is 0. The predicted octanol–water partition coefficient (Wildman–Crippen LogP) is 2.30. The number of carbonyl (C=O) groups is 1. The molecular weight excluding hydrogens is 278 g/mol. The Kier molecular flexibility index (Phi) is 4.98. The number of benzene rings is 1. The SMILES string of the molecule is CC(C)(C)C(=O)NCCNc1nc2ccccc2cc1CO. The molecule has 118 valence electrons. The average molecular weight is 301 g/mol. The van der Waals surface area contributed by atoms with Crippen LogP contribution in [0.2, 0.25) is 0 Å². The van der Waals surface area contributed by atoms with Crippen LogP contribution in [0.1, 0.15) is 26.3 Å². The quantitative estimate of drug-likeness (QED) is 0.741. The van der Waals surface area contributed by atoms with E-state index in [9.17, 15) is 9.90 Å². The second-order valence-corrected chi connectivity index (χ2v) is 6.28. The number of fused-ring (bicyclic) bond motifs is 1. The number of hydrogen-bond acceptors (Lipinski definition) is 4. The Bertz CT molecular complexity index is 662. The fourth-order valence-electron chi connectivity index (χ4n) is 2.06. The molecule has 22 heavy (non-hydrogen) atoms. The van der Waals surface area contributed by atoms with Gasteiger partial charge in [0.15, 0.2) is 0 Å². The van der Waals surface area contributed by atoms with Crippen LogP contribution in [0.15, 0.2) is 30.3 Å². The Morgan fingerprint density at radius 2 is 1.95 bits per heavy atom. The number of carbonyl (C=O) groups excluding carboxylic acids is 1. The van der Waals surface area contributed by atoms with Gasteiger partial charge in [-0.3, -0.25) is 4.79 Å². The zero-order chi connectivity index (χ0) is 16.2. The van der Waals surface area contributed by atoms with Crippen LogP contribution in [-0.4, -0.2) is 29.1 Å². The smallest absolute Gasteiger partial charge is 0.225 e. The van der Waals surface area contributed by atoms with Crippen molar-refractivity contribution in [2.24, 2.45) is 5.41 Å². The lowest BCUT2D eigenvalue weighted by Gasteiger charge is -2.18. The van der Waals surface area contributed by atoms with E-state index in [-0.39, 0.29) is 12.5 Å². The van der Waals surface area contributed by atoms with Crippen molar-refractivity contribution in [1.29, 1.82) is 0 Å². The summed E-state index contributed by atoms with van der Waals surface area (Å²) in [5.41, 5.74) is 1.24. The van der Waals surface area contributed by atoms with Crippen molar-refractivity contribution in [2.75, 3.05) is 18.4 Å². The summed E-state index contributed by atoms with van der Waals surface area (Å²) in [6.45, 7) is 6.63. The molecule has 0 saturated heterocycles. The standard InChI is InChI=1S/C17H23N3O2/c1-17(2,3)16(22)19-9-8-18-15-13(11-21)10-12-6-4-5-7-14(12)20-15/h4-7,10,21H,8-9,11H2,1-3H3,(H,18,20)(H,19,22). The van der Waals surface area contributed by atoms with E-state index >= 15 is 0 Å². The van der Waals surface area contributed by atoms with Gasteiger partial charge in [-0.2, -0.15) is 0 Å². The predicted molar refractivity (Wildman–Crippen MR) is 88.6 cm³/mol. The first-order chi connectivity index (χ1) is 10.4. The lowest BCUT2D eigenvalue weighted by molar-refractivity contribution is -0.128. The van der Waals surface area contributed by atoms with Crippen molar-refractivity contribution in [3.63, 3.8) is 0 Å². The zero-order valence-corrected chi connectivity index (χ0v) is 13.3. The topological polar surface area (TPSA) is 74.2 Å². The van der Waals surface area contributed by atoms with E-state index in [1.807, 2.05) is 51.1 Å². The van der Waals surface area contributed by atoms with Crippen molar-refractivity contribution in [2.45, 2.75) is 27.4 Å². The molecule has 5 nitrogen and oxygen atoms in total. The largest absolute Gasteiger partial charge is 0.392 e. The zero-order valence-electron chi connectivity index (χ0n) is 13.3. The van der Waals surface area contributed by atoms with Gasteiger partial charge >= 0.3 is 0 Å². The van der Waals surface area contributed by atoms with Gasteiger partial charge in [-0.15, -0.1) is 0 Å². The molecule has 2 rings (SSSR count). The second kappa shape index (κ2) is 6.75. The molecule has 0 bridgehead atoms. The summed E-state index contributed by atoms with van der Waals surface area (Å²) >= 11 is 0. The number of amides is 1. The maximum Gasteiger partial charge on any atom is 0.225 e. The summed E-state index contributed by atoms with van der Waals surface area (Å²) in [4.78, 5) is 16.3. The number of aliphatic hydroxyl groups is 1. The van der Waals surface area contributed by atoms with Crippen molar-refractivity contribution in [3.05, 3.63) is 35.9 Å². The Morgan fingerprint density at radius 1 is 1.23 bits per heavy atom. The molecule has 0 spiro atoms. The van der Waals surface area contributed by atoms with Gasteiger partial charge in [-0.1, -0.05) is 39.0 Å². The first kappa shape index (κ1) is 16.2. The van der Waals surface area contributed by atoms with Gasteiger partial charge in [0.05, 0.1) is 12.1 Å². The first-order valence-corrected chi connectivity index (χ1v) is 7.43. The van der Waals surface area contributed by atoms with Crippen molar-refractivity contribution in [3.8, 4) is 0 Å². The van der Waals surface area contributed by atoms with Crippen LogP contribution in [0.3, 0.4) is 0 Å². The van der Waals surface area contributed by atoms with Crippen molar-refractivity contribution in [1.82, 2.24) is 10.3 Å². The molecule has 0 unspecified atom stereocenters.